The predicted molar refractivity (Wildman–Crippen MR) is 41.5 cm³/mol. The lowest BCUT2D eigenvalue weighted by Gasteiger charge is -1.95. The van der Waals surface area contributed by atoms with E-state index in [0.717, 1.165) is 17.5 Å². The minimum atomic E-state index is -0.974. The monoisotopic (exact) mass is 188 g/mol. The van der Waals surface area contributed by atoms with Gasteiger partial charge in [-0.05, 0) is 11.3 Å². The molecule has 6 nitrogen and oxygen atoms in total. The van der Waals surface area contributed by atoms with E-state index in [4.69, 9.17) is 0 Å². The molecule has 0 aliphatic rings. The molecule has 1 heterocycles. The van der Waals surface area contributed by atoms with Crippen LogP contribution in [0.15, 0.2) is 0 Å². The van der Waals surface area contributed by atoms with Crippen LogP contribution < -0.4 is 0 Å². The molecule has 0 saturated carbocycles. The fraction of sp³-hybridized carbons (Fsp3) is 0.667. The van der Waals surface area contributed by atoms with Crippen molar-refractivity contribution in [3.63, 3.8) is 0 Å². The number of aromatic nitrogens is 3. The van der Waals surface area contributed by atoms with Gasteiger partial charge in [0.25, 0.3) is 0 Å². The summed E-state index contributed by atoms with van der Waals surface area (Å²) in [4.78, 5) is 9.27. The Hall–Kier alpha value is -1.53. The van der Waals surface area contributed by atoms with Gasteiger partial charge in [0, 0.05) is 6.54 Å². The summed E-state index contributed by atoms with van der Waals surface area (Å²) in [7, 11) is 0. The molecule has 1 aromatic heterocycles. The molecule has 1 rings (SSSR count). The summed E-state index contributed by atoms with van der Waals surface area (Å²) in [6.07, 6.45) is 1.59. The summed E-state index contributed by atoms with van der Waals surface area (Å²) in [5.74, 6) is -1.78. The van der Waals surface area contributed by atoms with Crippen LogP contribution in [0.5, 0.6) is 0 Å². The van der Waals surface area contributed by atoms with Gasteiger partial charge in [-0.1, -0.05) is 13.3 Å². The van der Waals surface area contributed by atoms with Crippen LogP contribution in [0.25, 0.3) is 0 Å². The highest BCUT2D eigenvalue weighted by Gasteiger charge is 2.23. The smallest absolute Gasteiger partial charge is 0.358 e. The van der Waals surface area contributed by atoms with Crippen molar-refractivity contribution in [2.75, 3.05) is 0 Å². The molecule has 0 radical (unpaired) electrons. The molecule has 1 aromatic rings. The highest BCUT2D eigenvalue weighted by molar-refractivity contribution is 5.12. The highest BCUT2D eigenvalue weighted by Crippen LogP contribution is 2.11. The first-order chi connectivity index (χ1) is 6.16. The molecule has 0 spiro atoms. The van der Waals surface area contributed by atoms with Crippen molar-refractivity contribution in [1.82, 2.24) is 15.0 Å². The number of unbranched alkanes of at least 4 members (excludes halogenated alkanes) is 1. The summed E-state index contributed by atoms with van der Waals surface area (Å²) in [5, 5.41) is 16.6. The third-order valence-corrected chi connectivity index (χ3v) is 1.55. The number of aryl methyl sites for hydroxylation is 1. The number of nitro groups is 1. The normalized spacial score (nSPS) is 10.3. The molecule has 0 amide bonds. The third kappa shape index (κ3) is 1.98. The Bertz CT molecular complexity index is 312. The SMILES string of the molecule is CCCCn1nnc([N+](=O)[O-])c1F. The third-order valence-electron chi connectivity index (χ3n) is 1.55. The molecule has 0 aliphatic heterocycles. The van der Waals surface area contributed by atoms with E-state index in [0.29, 0.717) is 6.54 Å². The van der Waals surface area contributed by atoms with Crippen LogP contribution in [0.2, 0.25) is 0 Å². The number of nitrogens with zero attached hydrogens (tertiary/aromatic N) is 4. The van der Waals surface area contributed by atoms with Crippen LogP contribution >= 0.6 is 0 Å². The van der Waals surface area contributed by atoms with Crippen molar-refractivity contribution >= 4 is 5.82 Å². The van der Waals surface area contributed by atoms with E-state index in [1.807, 2.05) is 6.92 Å². The second kappa shape index (κ2) is 3.92. The molecule has 0 saturated heterocycles. The Balaban J connectivity index is 2.80. The van der Waals surface area contributed by atoms with Crippen LogP contribution in [0.3, 0.4) is 0 Å². The van der Waals surface area contributed by atoms with E-state index >= 15 is 0 Å². The van der Waals surface area contributed by atoms with Crippen molar-refractivity contribution in [2.24, 2.45) is 0 Å². The second-order valence-corrected chi connectivity index (χ2v) is 2.54. The zero-order valence-electron chi connectivity index (χ0n) is 7.10. The lowest BCUT2D eigenvalue weighted by molar-refractivity contribution is -0.392. The maximum Gasteiger partial charge on any atom is 0.447 e. The Morgan fingerprint density at radius 1 is 1.69 bits per heavy atom. The maximum absolute atomic E-state index is 13.0. The zero-order valence-corrected chi connectivity index (χ0v) is 7.10. The molecule has 0 fully saturated rings. The molecule has 0 N–H and O–H groups in total. The minimum Gasteiger partial charge on any atom is -0.358 e. The zero-order chi connectivity index (χ0) is 9.84. The first kappa shape index (κ1) is 9.56. The second-order valence-electron chi connectivity index (χ2n) is 2.54. The molecule has 7 heteroatoms. The topological polar surface area (TPSA) is 73.8 Å². The molecule has 0 aromatic carbocycles. The van der Waals surface area contributed by atoms with E-state index in [1.165, 1.54) is 0 Å². The van der Waals surface area contributed by atoms with Gasteiger partial charge in [0.05, 0.1) is 5.21 Å². The number of halogens is 1. The molecular weight excluding hydrogens is 179 g/mol. The summed E-state index contributed by atoms with van der Waals surface area (Å²) < 4.78 is 13.9. The van der Waals surface area contributed by atoms with Crippen LogP contribution in [-0.2, 0) is 6.54 Å². The summed E-state index contributed by atoms with van der Waals surface area (Å²) >= 11 is 0. The molecule has 0 aliphatic carbocycles. The van der Waals surface area contributed by atoms with Gasteiger partial charge in [0.15, 0.2) is 0 Å². The van der Waals surface area contributed by atoms with E-state index in [1.54, 1.807) is 0 Å². The van der Waals surface area contributed by atoms with E-state index < -0.39 is 16.7 Å². The average molecular weight is 188 g/mol. The lowest BCUT2D eigenvalue weighted by atomic mass is 10.3. The molecule has 0 atom stereocenters. The summed E-state index contributed by atoms with van der Waals surface area (Å²) in [6, 6.07) is 0. The Kier molecular flexibility index (Phi) is 2.88. The lowest BCUT2D eigenvalue weighted by Crippen LogP contribution is -2.03. The number of hydrogen-bond acceptors (Lipinski definition) is 4. The van der Waals surface area contributed by atoms with Crippen LogP contribution in [0, 0.1) is 16.1 Å². The van der Waals surface area contributed by atoms with E-state index in [2.05, 4.69) is 10.3 Å². The Labute approximate surface area is 73.5 Å². The first-order valence-corrected chi connectivity index (χ1v) is 3.90. The van der Waals surface area contributed by atoms with Crippen molar-refractivity contribution in [2.45, 2.75) is 26.3 Å². The fourth-order valence-corrected chi connectivity index (χ4v) is 0.855. The fourth-order valence-electron chi connectivity index (χ4n) is 0.855. The van der Waals surface area contributed by atoms with Gasteiger partial charge < -0.3 is 10.1 Å². The van der Waals surface area contributed by atoms with Crippen LogP contribution in [0.1, 0.15) is 19.8 Å². The quantitative estimate of drug-likeness (QED) is 0.524. The van der Waals surface area contributed by atoms with Crippen molar-refractivity contribution in [3.8, 4) is 0 Å². The number of hydrogen-bond donors (Lipinski definition) is 0. The van der Waals surface area contributed by atoms with Crippen LogP contribution in [0.4, 0.5) is 10.2 Å². The number of rotatable bonds is 4. The van der Waals surface area contributed by atoms with Gasteiger partial charge in [0.1, 0.15) is 5.10 Å². The van der Waals surface area contributed by atoms with E-state index in [9.17, 15) is 14.5 Å². The highest BCUT2D eigenvalue weighted by atomic mass is 19.1. The van der Waals surface area contributed by atoms with Gasteiger partial charge in [-0.2, -0.15) is 9.07 Å². The molecule has 13 heavy (non-hydrogen) atoms. The summed E-state index contributed by atoms with van der Waals surface area (Å²) in [6.45, 7) is 2.26. The van der Waals surface area contributed by atoms with Crippen molar-refractivity contribution in [3.05, 3.63) is 16.1 Å². The standard InChI is InChI=1S/C6H9FN4O2/c1-2-3-4-10-5(7)6(8-9-10)11(12)13/h2-4H2,1H3. The van der Waals surface area contributed by atoms with Crippen molar-refractivity contribution < 1.29 is 9.31 Å². The van der Waals surface area contributed by atoms with Crippen molar-refractivity contribution in [1.29, 1.82) is 0 Å². The molecule has 0 unspecified atom stereocenters. The molecular formula is C6H9FN4O2. The van der Waals surface area contributed by atoms with Gasteiger partial charge >= 0.3 is 11.8 Å². The summed E-state index contributed by atoms with van der Waals surface area (Å²) in [5.41, 5.74) is 0. The van der Waals surface area contributed by atoms with Gasteiger partial charge in [-0.3, -0.25) is 0 Å². The van der Waals surface area contributed by atoms with Crippen LogP contribution in [-0.4, -0.2) is 19.9 Å². The molecule has 0 bridgehead atoms. The average Bonchev–Trinajstić information content (AvgIpc) is 2.43. The molecule has 72 valence electrons. The maximum atomic E-state index is 13.0. The Morgan fingerprint density at radius 3 is 2.85 bits per heavy atom. The largest absolute Gasteiger partial charge is 0.447 e. The first-order valence-electron chi connectivity index (χ1n) is 3.90. The van der Waals surface area contributed by atoms with Gasteiger partial charge in [-0.25, -0.2) is 0 Å². The predicted octanol–water partition coefficient (Wildman–Crippen LogP) is 1.13. The van der Waals surface area contributed by atoms with E-state index in [-0.39, 0.29) is 0 Å². The Morgan fingerprint density at radius 2 is 2.38 bits per heavy atom. The van der Waals surface area contributed by atoms with Gasteiger partial charge in [-0.15, -0.1) is 0 Å². The van der Waals surface area contributed by atoms with Gasteiger partial charge in [0.2, 0.25) is 0 Å². The minimum absolute atomic E-state index is 0.323.